The van der Waals surface area contributed by atoms with Crippen molar-refractivity contribution in [3.63, 3.8) is 0 Å². The Morgan fingerprint density at radius 2 is 1.51 bits per heavy atom. The molecule has 0 spiro atoms. The highest BCUT2D eigenvalue weighted by Gasteiger charge is 2.44. The van der Waals surface area contributed by atoms with Gasteiger partial charge in [0, 0.05) is 53.0 Å². The largest absolute Gasteiger partial charge is 0.344 e. The summed E-state index contributed by atoms with van der Waals surface area (Å²) in [5.41, 5.74) is 6.01. The highest BCUT2D eigenvalue weighted by Crippen LogP contribution is 2.48. The zero-order chi connectivity index (χ0) is 37.5. The minimum absolute atomic E-state index is 0.126. The first-order chi connectivity index (χ1) is 24.0. The van der Waals surface area contributed by atoms with Gasteiger partial charge in [-0.3, -0.25) is 13.9 Å². The molecule has 2 heterocycles. The highest BCUT2D eigenvalue weighted by atomic mass is 32.2. The lowest BCUT2D eigenvalue weighted by molar-refractivity contribution is -0.438. The third-order valence-electron chi connectivity index (χ3n) is 9.33. The zero-order valence-electron chi connectivity index (χ0n) is 29.7. The number of hydrogen-bond donors (Lipinski definition) is 3. The van der Waals surface area contributed by atoms with Crippen molar-refractivity contribution in [2.45, 2.75) is 64.2 Å². The van der Waals surface area contributed by atoms with Crippen LogP contribution in [0.25, 0.3) is 0 Å². The molecule has 10 nitrogen and oxygen atoms in total. The fraction of sp³-hybridized carbons (Fsp3) is 0.385. The maximum atomic E-state index is 12.7. The Labute approximate surface area is 302 Å². The van der Waals surface area contributed by atoms with E-state index < -0.39 is 25.7 Å². The minimum Gasteiger partial charge on any atom is -0.344 e. The van der Waals surface area contributed by atoms with Gasteiger partial charge >= 0.3 is 0 Å². The van der Waals surface area contributed by atoms with Gasteiger partial charge in [-0.15, -0.1) is 6.42 Å². The summed E-state index contributed by atoms with van der Waals surface area (Å²) in [6, 6.07) is 13.7. The lowest BCUT2D eigenvalue weighted by Gasteiger charge is -2.27. The highest BCUT2D eigenvalue weighted by molar-refractivity contribution is 7.86. The van der Waals surface area contributed by atoms with Crippen LogP contribution in [0.3, 0.4) is 0 Å². The van der Waals surface area contributed by atoms with Crippen LogP contribution < -0.4 is 10.2 Å². The van der Waals surface area contributed by atoms with Crippen molar-refractivity contribution < 1.29 is 35.3 Å². The molecule has 4 rings (SSSR count). The average molecular weight is 735 g/mol. The van der Waals surface area contributed by atoms with Gasteiger partial charge in [0.1, 0.15) is 6.54 Å². The second-order valence-corrected chi connectivity index (χ2v) is 16.9. The first-order valence-corrected chi connectivity index (χ1v) is 20.2. The molecule has 0 unspecified atom stereocenters. The van der Waals surface area contributed by atoms with Gasteiger partial charge in [0.25, 0.3) is 26.1 Å². The summed E-state index contributed by atoms with van der Waals surface area (Å²) < 4.78 is 65.6. The van der Waals surface area contributed by atoms with Crippen LogP contribution in [0.5, 0.6) is 0 Å². The second kappa shape index (κ2) is 16.4. The van der Waals surface area contributed by atoms with Crippen molar-refractivity contribution in [3.8, 4) is 12.3 Å². The summed E-state index contributed by atoms with van der Waals surface area (Å²) in [5, 5.41) is 2.71. The van der Waals surface area contributed by atoms with E-state index in [4.69, 9.17) is 11.0 Å². The number of rotatable bonds is 16. The number of nitrogens with zero attached hydrogens (tertiary/aromatic N) is 2. The van der Waals surface area contributed by atoms with Crippen LogP contribution in [-0.4, -0.2) is 73.3 Å². The lowest BCUT2D eigenvalue weighted by atomic mass is 9.81. The molecule has 12 heteroatoms. The molecule has 51 heavy (non-hydrogen) atoms. The quantitative estimate of drug-likeness (QED) is 0.0616. The number of terminal acetylenes is 1. The molecular formula is C39H48N3O7S2+. The fourth-order valence-corrected chi connectivity index (χ4v) is 7.91. The minimum atomic E-state index is -4.05. The van der Waals surface area contributed by atoms with E-state index in [0.717, 1.165) is 28.3 Å². The summed E-state index contributed by atoms with van der Waals surface area (Å²) >= 11 is 0. The van der Waals surface area contributed by atoms with E-state index in [2.05, 4.69) is 66.6 Å². The molecule has 0 bridgehead atoms. The Morgan fingerprint density at radius 1 is 0.863 bits per heavy atom. The molecule has 0 radical (unpaired) electrons. The number of nitrogens with one attached hydrogen (secondary N) is 1. The number of allylic oxidation sites excluding steroid dienone is 8. The smallest absolute Gasteiger partial charge is 0.264 e. The SMILES string of the molecule is C#CCNC(=O)c1ccc2c(c1)C(C)(C)\C(=C/C=C/C=C/C=C/C1=[N+](CCCCS(=O)(=O)O)c3ccccc3C1(C)C)N2CCCCS(=O)(=O)O. The molecule has 2 aliphatic rings. The first-order valence-electron chi connectivity index (χ1n) is 17.0. The Morgan fingerprint density at radius 3 is 2.20 bits per heavy atom. The van der Waals surface area contributed by atoms with E-state index in [1.54, 1.807) is 6.07 Å². The maximum absolute atomic E-state index is 12.7. The summed E-state index contributed by atoms with van der Waals surface area (Å²) in [6.07, 6.45) is 20.9. The number of benzene rings is 2. The van der Waals surface area contributed by atoms with Crippen molar-refractivity contribution in [1.82, 2.24) is 5.32 Å². The van der Waals surface area contributed by atoms with Crippen LogP contribution in [0, 0.1) is 12.3 Å². The van der Waals surface area contributed by atoms with Crippen LogP contribution in [0.2, 0.25) is 0 Å². The summed E-state index contributed by atoms with van der Waals surface area (Å²) in [6.45, 7) is 9.77. The van der Waals surface area contributed by atoms with Gasteiger partial charge in [0.05, 0.1) is 23.5 Å². The molecule has 0 atom stereocenters. The van der Waals surface area contributed by atoms with E-state index in [0.29, 0.717) is 44.3 Å². The second-order valence-electron chi connectivity index (χ2n) is 13.7. The van der Waals surface area contributed by atoms with Crippen molar-refractivity contribution in [3.05, 3.63) is 107 Å². The topological polar surface area (TPSA) is 144 Å². The zero-order valence-corrected chi connectivity index (χ0v) is 31.3. The number of carbonyl (C=O) groups excluding carboxylic acids is 1. The van der Waals surface area contributed by atoms with Crippen LogP contribution in [-0.2, 0) is 31.1 Å². The Kier molecular flexibility index (Phi) is 12.7. The first kappa shape index (κ1) is 39.5. The third kappa shape index (κ3) is 9.95. The molecule has 2 aromatic carbocycles. The molecule has 272 valence electrons. The molecule has 2 aromatic rings. The van der Waals surface area contributed by atoms with Crippen LogP contribution in [0.4, 0.5) is 11.4 Å². The number of fused-ring (bicyclic) bond motifs is 2. The van der Waals surface area contributed by atoms with E-state index in [1.807, 2.05) is 60.7 Å². The molecule has 0 fully saturated rings. The van der Waals surface area contributed by atoms with Gasteiger partial charge in [0.15, 0.2) is 5.71 Å². The molecule has 0 aromatic heterocycles. The van der Waals surface area contributed by atoms with E-state index in [9.17, 15) is 26.2 Å². The van der Waals surface area contributed by atoms with Crippen molar-refractivity contribution in [1.29, 1.82) is 0 Å². The van der Waals surface area contributed by atoms with Gasteiger partial charge in [-0.05, 0) is 62.9 Å². The number of para-hydroxylation sites is 1. The summed E-state index contributed by atoms with van der Waals surface area (Å²) in [5.74, 6) is 1.58. The van der Waals surface area contributed by atoms with Gasteiger partial charge in [-0.1, -0.05) is 68.3 Å². The molecular weight excluding hydrogens is 687 g/mol. The normalized spacial score (nSPS) is 17.5. The number of carbonyl (C=O) groups is 1. The number of anilines is 1. The van der Waals surface area contributed by atoms with Crippen LogP contribution in [0.1, 0.15) is 74.9 Å². The van der Waals surface area contributed by atoms with Crippen molar-refractivity contribution >= 4 is 43.2 Å². The maximum Gasteiger partial charge on any atom is 0.264 e. The monoisotopic (exact) mass is 734 g/mol. The number of hydrogen-bond acceptors (Lipinski definition) is 6. The van der Waals surface area contributed by atoms with E-state index in [-0.39, 0.29) is 29.4 Å². The standard InChI is InChI=1S/C39H47N3O7S2/c1-6-24-40-37(43)30-22-23-34-32(29-30)39(4,5)36(42(34)26-15-17-28-51(47,48)49)21-11-9-7-8-10-20-35-38(2,3)31-18-12-13-19-33(31)41(35)25-14-16-27-50(44,45)46/h1,7-13,18-23,29H,14-17,24-28H2,2-5H3,(H2-,40,43,44,45,46,47,48,49)/p+1. The molecule has 1 amide bonds. The Bertz CT molecular complexity index is 2050. The Hall–Kier alpha value is -4.28. The van der Waals surface area contributed by atoms with Crippen LogP contribution >= 0.6 is 0 Å². The predicted octanol–water partition coefficient (Wildman–Crippen LogP) is 6.11. The van der Waals surface area contributed by atoms with Crippen molar-refractivity contribution in [2.24, 2.45) is 0 Å². The summed E-state index contributed by atoms with van der Waals surface area (Å²) in [4.78, 5) is 14.8. The molecule has 0 saturated heterocycles. The van der Waals surface area contributed by atoms with Gasteiger partial charge in [-0.2, -0.15) is 21.4 Å². The van der Waals surface area contributed by atoms with Gasteiger partial charge in [0.2, 0.25) is 5.69 Å². The lowest BCUT2D eigenvalue weighted by Crippen LogP contribution is -2.28. The number of amides is 1. The van der Waals surface area contributed by atoms with E-state index >= 15 is 0 Å². The Balaban J connectivity index is 1.55. The summed E-state index contributed by atoms with van der Waals surface area (Å²) in [7, 11) is -8.05. The van der Waals surface area contributed by atoms with Gasteiger partial charge < -0.3 is 10.2 Å². The predicted molar refractivity (Wildman–Crippen MR) is 204 cm³/mol. The number of unbranched alkanes of at least 4 members (excludes halogenated alkanes) is 2. The van der Waals surface area contributed by atoms with Gasteiger partial charge in [-0.25, -0.2) is 0 Å². The fourth-order valence-electron chi connectivity index (χ4n) is 6.77. The van der Waals surface area contributed by atoms with Crippen LogP contribution in [0.15, 0.2) is 90.7 Å². The third-order valence-corrected chi connectivity index (χ3v) is 10.9. The molecule has 0 aliphatic carbocycles. The molecule has 0 saturated carbocycles. The molecule has 3 N–H and O–H groups in total. The van der Waals surface area contributed by atoms with Crippen molar-refractivity contribution in [2.75, 3.05) is 36.0 Å². The molecule has 2 aliphatic heterocycles. The average Bonchev–Trinajstić information content (AvgIpc) is 3.40. The van der Waals surface area contributed by atoms with E-state index in [1.165, 1.54) is 5.56 Å².